The van der Waals surface area contributed by atoms with Crippen LogP contribution in [0.5, 0.6) is 0 Å². The highest BCUT2D eigenvalue weighted by Gasteiger charge is 2.31. The molecule has 2 unspecified atom stereocenters. The van der Waals surface area contributed by atoms with Crippen LogP contribution in [0.4, 0.5) is 0 Å². The predicted molar refractivity (Wildman–Crippen MR) is 128 cm³/mol. The van der Waals surface area contributed by atoms with Crippen LogP contribution in [0.15, 0.2) is 83.0 Å². The number of hydrogen-bond donors (Lipinski definition) is 1. The third kappa shape index (κ3) is 4.79. The van der Waals surface area contributed by atoms with E-state index in [9.17, 15) is 9.90 Å². The summed E-state index contributed by atoms with van der Waals surface area (Å²) in [4.78, 5) is 22.3. The van der Waals surface area contributed by atoms with E-state index in [1.54, 1.807) is 6.08 Å². The van der Waals surface area contributed by atoms with Crippen molar-refractivity contribution in [2.24, 2.45) is 10.9 Å². The lowest BCUT2D eigenvalue weighted by atomic mass is 9.89. The first kappa shape index (κ1) is 21.9. The smallest absolute Gasteiger partial charge is 0.209 e. The van der Waals surface area contributed by atoms with E-state index in [1.807, 2.05) is 23.2 Å². The second-order valence-corrected chi connectivity index (χ2v) is 8.66. The summed E-state index contributed by atoms with van der Waals surface area (Å²) >= 11 is 0. The summed E-state index contributed by atoms with van der Waals surface area (Å²) in [7, 11) is 0. The Morgan fingerprint density at radius 3 is 2.59 bits per heavy atom. The molecule has 1 aromatic rings. The number of nitrogens with zero attached hydrogens (tertiary/aromatic N) is 4. The van der Waals surface area contributed by atoms with Gasteiger partial charge in [-0.1, -0.05) is 36.4 Å². The third-order valence-electron chi connectivity index (χ3n) is 6.47. The lowest BCUT2D eigenvalue weighted by Crippen LogP contribution is -2.54. The number of aliphatic hydroxyl groups is 1. The molecule has 0 aromatic heterocycles. The maximum absolute atomic E-state index is 11.1. The Kier molecular flexibility index (Phi) is 6.78. The molecular formula is C26H32N4O2. The lowest BCUT2D eigenvalue weighted by molar-refractivity contribution is -0.119. The van der Waals surface area contributed by atoms with E-state index in [0.717, 1.165) is 51.3 Å². The molecule has 1 aromatic carbocycles. The molecule has 6 nitrogen and oxygen atoms in total. The summed E-state index contributed by atoms with van der Waals surface area (Å²) in [5.74, 6) is 1.56. The summed E-state index contributed by atoms with van der Waals surface area (Å²) < 4.78 is 0. The molecule has 2 heterocycles. The Labute approximate surface area is 190 Å². The van der Waals surface area contributed by atoms with E-state index >= 15 is 0 Å². The minimum absolute atomic E-state index is 0.0800. The lowest BCUT2D eigenvalue weighted by Gasteiger charge is -2.42. The molecule has 0 saturated carbocycles. The number of carbonyl (C=O) groups excluding carboxylic acids is 1. The number of piperazine rings is 1. The summed E-state index contributed by atoms with van der Waals surface area (Å²) in [6.07, 6.45) is 12.3. The van der Waals surface area contributed by atoms with Crippen molar-refractivity contribution >= 4 is 12.2 Å². The Hall–Kier alpha value is -3.28. The molecule has 3 aliphatic rings. The van der Waals surface area contributed by atoms with Crippen molar-refractivity contribution in [2.75, 3.05) is 26.2 Å². The van der Waals surface area contributed by atoms with Crippen LogP contribution in [0.25, 0.3) is 0 Å². The number of aliphatic hydroxyl groups excluding tert-OH is 1. The van der Waals surface area contributed by atoms with E-state index in [-0.39, 0.29) is 12.0 Å². The minimum atomic E-state index is 0.0800. The summed E-state index contributed by atoms with van der Waals surface area (Å²) in [6.45, 7) is 7.46. The van der Waals surface area contributed by atoms with Gasteiger partial charge in [0.25, 0.3) is 0 Å². The van der Waals surface area contributed by atoms with Gasteiger partial charge in [-0.15, -0.1) is 0 Å². The third-order valence-corrected chi connectivity index (χ3v) is 6.47. The second-order valence-electron chi connectivity index (χ2n) is 8.66. The zero-order valence-corrected chi connectivity index (χ0v) is 18.9. The number of amidine groups is 1. The van der Waals surface area contributed by atoms with Gasteiger partial charge in [0.15, 0.2) is 0 Å². The van der Waals surface area contributed by atoms with Crippen LogP contribution in [0.2, 0.25) is 0 Å². The fourth-order valence-corrected chi connectivity index (χ4v) is 4.77. The second kappa shape index (κ2) is 9.90. The van der Waals surface area contributed by atoms with Gasteiger partial charge in [-0.05, 0) is 50.0 Å². The standard InChI is InChI=1S/C26H32N4O2/c1-20(18-22-6-4-3-5-7-22)25(23-8-10-24(32)11-9-23)30-13-12-27-26(21(30)2)29-16-14-28(19-31)15-17-29/h3-8,10-13,19,21,23,32H,9,14-18H2,1-2H3/b25-20+. The van der Waals surface area contributed by atoms with Gasteiger partial charge in [0, 0.05) is 50.2 Å². The molecule has 2 aliphatic heterocycles. The maximum atomic E-state index is 11.1. The summed E-state index contributed by atoms with van der Waals surface area (Å²) in [5.41, 5.74) is 3.86. The van der Waals surface area contributed by atoms with Gasteiger partial charge in [0.2, 0.25) is 6.41 Å². The summed E-state index contributed by atoms with van der Waals surface area (Å²) in [6, 6.07) is 10.6. The van der Waals surface area contributed by atoms with Gasteiger partial charge in [-0.2, -0.15) is 0 Å². The number of benzene rings is 1. The average Bonchev–Trinajstić information content (AvgIpc) is 2.82. The van der Waals surface area contributed by atoms with E-state index < -0.39 is 0 Å². The molecular weight excluding hydrogens is 400 g/mol. The van der Waals surface area contributed by atoms with Crippen molar-refractivity contribution in [3.63, 3.8) is 0 Å². The zero-order chi connectivity index (χ0) is 22.5. The van der Waals surface area contributed by atoms with Gasteiger partial charge >= 0.3 is 0 Å². The Morgan fingerprint density at radius 2 is 1.94 bits per heavy atom. The average molecular weight is 433 g/mol. The van der Waals surface area contributed by atoms with E-state index in [1.165, 1.54) is 16.8 Å². The SMILES string of the molecule is C/C(Cc1ccccc1)=C(/C1C=CC(O)=CC1)N1C=CN=C(N2CCN(C=O)CC2)C1C. The number of carbonyl (C=O) groups is 1. The van der Waals surface area contributed by atoms with E-state index in [0.29, 0.717) is 5.76 Å². The zero-order valence-electron chi connectivity index (χ0n) is 18.9. The molecule has 6 heteroatoms. The molecule has 4 rings (SSSR count). The fourth-order valence-electron chi connectivity index (χ4n) is 4.77. The number of amides is 1. The molecule has 1 aliphatic carbocycles. The quantitative estimate of drug-likeness (QED) is 0.718. The van der Waals surface area contributed by atoms with Crippen LogP contribution >= 0.6 is 0 Å². The van der Waals surface area contributed by atoms with E-state index in [4.69, 9.17) is 4.99 Å². The highest BCUT2D eigenvalue weighted by Crippen LogP contribution is 2.33. The van der Waals surface area contributed by atoms with Crippen LogP contribution in [-0.2, 0) is 11.2 Å². The molecule has 32 heavy (non-hydrogen) atoms. The van der Waals surface area contributed by atoms with Crippen molar-refractivity contribution in [3.05, 3.63) is 83.6 Å². The number of allylic oxidation sites excluding steroid dienone is 4. The van der Waals surface area contributed by atoms with Gasteiger partial charge < -0.3 is 19.8 Å². The van der Waals surface area contributed by atoms with Gasteiger partial charge in [-0.3, -0.25) is 4.79 Å². The molecule has 168 valence electrons. The minimum Gasteiger partial charge on any atom is -0.508 e. The van der Waals surface area contributed by atoms with Crippen LogP contribution in [0, 0.1) is 5.92 Å². The van der Waals surface area contributed by atoms with Gasteiger partial charge in [0.1, 0.15) is 11.6 Å². The fraction of sp³-hybridized carbons (Fsp3) is 0.385. The largest absolute Gasteiger partial charge is 0.508 e. The van der Waals surface area contributed by atoms with Gasteiger partial charge in [-0.25, -0.2) is 4.99 Å². The summed E-state index contributed by atoms with van der Waals surface area (Å²) in [5, 5.41) is 9.87. The molecule has 0 bridgehead atoms. The molecule has 2 atom stereocenters. The maximum Gasteiger partial charge on any atom is 0.209 e. The number of rotatable bonds is 5. The first-order chi connectivity index (χ1) is 15.6. The molecule has 0 spiro atoms. The van der Waals surface area contributed by atoms with Crippen molar-refractivity contribution in [2.45, 2.75) is 32.7 Å². The highest BCUT2D eigenvalue weighted by molar-refractivity contribution is 5.89. The molecule has 1 fully saturated rings. The number of hydrogen-bond acceptors (Lipinski definition) is 5. The van der Waals surface area contributed by atoms with Crippen LogP contribution in [0.1, 0.15) is 25.8 Å². The number of aliphatic imine (C=N–C) groups is 1. The molecule has 1 N–H and O–H groups in total. The molecule has 0 radical (unpaired) electrons. The Morgan fingerprint density at radius 1 is 1.19 bits per heavy atom. The van der Waals surface area contributed by atoms with E-state index in [2.05, 4.69) is 60.2 Å². The first-order valence-corrected chi connectivity index (χ1v) is 11.3. The highest BCUT2D eigenvalue weighted by atomic mass is 16.3. The normalized spacial score (nSPS) is 24.1. The first-order valence-electron chi connectivity index (χ1n) is 11.3. The van der Waals surface area contributed by atoms with Crippen molar-refractivity contribution < 1.29 is 9.90 Å². The predicted octanol–water partition coefficient (Wildman–Crippen LogP) is 3.87. The Balaban J connectivity index is 1.61. The van der Waals surface area contributed by atoms with Crippen LogP contribution in [0.3, 0.4) is 0 Å². The van der Waals surface area contributed by atoms with Crippen LogP contribution in [-0.4, -0.2) is 64.3 Å². The monoisotopic (exact) mass is 432 g/mol. The van der Waals surface area contributed by atoms with Crippen molar-refractivity contribution in [3.8, 4) is 0 Å². The molecule has 1 amide bonds. The van der Waals surface area contributed by atoms with Crippen molar-refractivity contribution in [1.82, 2.24) is 14.7 Å². The van der Waals surface area contributed by atoms with Crippen LogP contribution < -0.4 is 0 Å². The Bertz CT molecular complexity index is 969. The van der Waals surface area contributed by atoms with Gasteiger partial charge in [0.05, 0.1) is 6.04 Å². The molecule has 1 saturated heterocycles. The topological polar surface area (TPSA) is 59.4 Å². The van der Waals surface area contributed by atoms with Crippen molar-refractivity contribution in [1.29, 1.82) is 0 Å².